The van der Waals surface area contributed by atoms with Gasteiger partial charge in [-0.05, 0) is 32.5 Å². The summed E-state index contributed by atoms with van der Waals surface area (Å²) in [7, 11) is 3.87. The van der Waals surface area contributed by atoms with E-state index in [0.717, 1.165) is 50.4 Å². The molecule has 0 aromatic carbocycles. The Labute approximate surface area is 179 Å². The predicted octanol–water partition coefficient (Wildman–Crippen LogP) is 3.17. The second kappa shape index (κ2) is 11.8. The Kier molecular flexibility index (Phi) is 9.44. The molecule has 1 aromatic heterocycles. The van der Waals surface area contributed by atoms with E-state index in [0.29, 0.717) is 29.1 Å². The fourth-order valence-corrected chi connectivity index (χ4v) is 3.10. The first-order valence-corrected chi connectivity index (χ1v) is 10.4. The Morgan fingerprint density at radius 3 is 2.72 bits per heavy atom. The van der Waals surface area contributed by atoms with Gasteiger partial charge in [-0.2, -0.15) is 0 Å². The summed E-state index contributed by atoms with van der Waals surface area (Å²) in [4.78, 5) is 13.1. The highest BCUT2D eigenvalue weighted by Gasteiger charge is 2.15. The third kappa shape index (κ3) is 7.68. The van der Waals surface area contributed by atoms with Gasteiger partial charge in [-0.3, -0.25) is 9.89 Å². The molecule has 1 fully saturated rings. The van der Waals surface area contributed by atoms with Crippen molar-refractivity contribution in [1.29, 1.82) is 0 Å². The van der Waals surface area contributed by atoms with Crippen LogP contribution in [0.5, 0.6) is 0 Å². The maximum atomic E-state index is 6.50. The molecule has 1 aliphatic heterocycles. The van der Waals surface area contributed by atoms with Crippen LogP contribution in [0.15, 0.2) is 45.7 Å². The number of rotatable bonds is 8. The van der Waals surface area contributed by atoms with E-state index in [1.807, 2.05) is 19.1 Å². The SMILES string of the molecule is CC/C(C)=C(Cl)/C=C(Nc1ccnc(N)c1)\C(=N/C)OCCN1CCN(C)CC1. The highest BCUT2D eigenvalue weighted by molar-refractivity contribution is 6.32. The van der Waals surface area contributed by atoms with E-state index in [1.54, 1.807) is 19.3 Å². The van der Waals surface area contributed by atoms with Crippen molar-refractivity contribution in [1.82, 2.24) is 14.8 Å². The average molecular weight is 421 g/mol. The third-order valence-corrected chi connectivity index (χ3v) is 5.38. The molecular weight excluding hydrogens is 388 g/mol. The molecule has 2 heterocycles. The van der Waals surface area contributed by atoms with Crippen molar-refractivity contribution >= 4 is 29.0 Å². The highest BCUT2D eigenvalue weighted by atomic mass is 35.5. The van der Waals surface area contributed by atoms with Crippen LogP contribution in [0.2, 0.25) is 0 Å². The number of halogens is 1. The molecule has 0 saturated carbocycles. The summed E-state index contributed by atoms with van der Waals surface area (Å²) in [5, 5.41) is 3.99. The minimum absolute atomic E-state index is 0.437. The topological polar surface area (TPSA) is 79.0 Å². The maximum absolute atomic E-state index is 6.50. The standard InChI is InChI=1S/C21H33ClN6O/c1-5-16(2)18(22)15-19(26-17-6-7-25-20(23)14-17)21(24-3)29-13-12-28-10-8-27(4)9-11-28/h6-7,14-15H,5,8-13H2,1-4H3,(H3,23,25,26)/b18-16-,19-15+,24-21+. The molecule has 29 heavy (non-hydrogen) atoms. The summed E-state index contributed by atoms with van der Waals surface area (Å²) in [6, 6.07) is 3.60. The smallest absolute Gasteiger partial charge is 0.232 e. The van der Waals surface area contributed by atoms with Crippen LogP contribution in [0.1, 0.15) is 20.3 Å². The number of aromatic nitrogens is 1. The van der Waals surface area contributed by atoms with E-state index < -0.39 is 0 Å². The van der Waals surface area contributed by atoms with Crippen molar-refractivity contribution < 1.29 is 4.74 Å². The molecule has 2 rings (SSSR count). The lowest BCUT2D eigenvalue weighted by Gasteiger charge is -2.32. The van der Waals surface area contributed by atoms with Crippen molar-refractivity contribution in [3.05, 3.63) is 40.7 Å². The molecule has 0 aliphatic carbocycles. The first-order chi connectivity index (χ1) is 13.9. The van der Waals surface area contributed by atoms with E-state index in [-0.39, 0.29) is 0 Å². The van der Waals surface area contributed by atoms with E-state index in [9.17, 15) is 0 Å². The normalized spacial score (nSPS) is 17.8. The summed E-state index contributed by atoms with van der Waals surface area (Å²) in [6.45, 7) is 9.78. The molecule has 1 aliphatic rings. The molecule has 0 radical (unpaired) electrons. The van der Waals surface area contributed by atoms with E-state index in [4.69, 9.17) is 22.1 Å². The molecule has 1 aromatic rings. The molecule has 8 heteroatoms. The van der Waals surface area contributed by atoms with Crippen LogP contribution in [-0.4, -0.2) is 74.1 Å². The monoisotopic (exact) mass is 420 g/mol. The van der Waals surface area contributed by atoms with E-state index in [2.05, 4.69) is 39.1 Å². The first kappa shape index (κ1) is 23.2. The summed E-state index contributed by atoms with van der Waals surface area (Å²) in [5.41, 5.74) is 8.39. The number of nitrogens with two attached hydrogens (primary N) is 1. The molecule has 0 bridgehead atoms. The van der Waals surface area contributed by atoms with Gasteiger partial charge < -0.3 is 20.7 Å². The van der Waals surface area contributed by atoms with Crippen LogP contribution in [0.3, 0.4) is 0 Å². The van der Waals surface area contributed by atoms with Gasteiger partial charge in [-0.25, -0.2) is 4.98 Å². The van der Waals surface area contributed by atoms with Gasteiger partial charge in [0.1, 0.15) is 18.1 Å². The maximum Gasteiger partial charge on any atom is 0.232 e. The molecule has 160 valence electrons. The number of anilines is 2. The Bertz CT molecular complexity index is 753. The summed E-state index contributed by atoms with van der Waals surface area (Å²) >= 11 is 6.50. The second-order valence-corrected chi connectivity index (χ2v) is 7.56. The average Bonchev–Trinajstić information content (AvgIpc) is 2.71. The van der Waals surface area contributed by atoms with Crippen LogP contribution in [-0.2, 0) is 4.74 Å². The molecule has 0 atom stereocenters. The number of allylic oxidation sites excluding steroid dienone is 3. The number of nitrogen functional groups attached to an aromatic ring is 1. The lowest BCUT2D eigenvalue weighted by Crippen LogP contribution is -2.45. The summed E-state index contributed by atoms with van der Waals surface area (Å²) < 4.78 is 6.04. The first-order valence-electron chi connectivity index (χ1n) is 9.99. The van der Waals surface area contributed by atoms with Gasteiger partial charge in [0.25, 0.3) is 0 Å². The Morgan fingerprint density at radius 2 is 2.10 bits per heavy atom. The number of hydrogen-bond donors (Lipinski definition) is 2. The fraction of sp³-hybridized carbons (Fsp3) is 0.524. The lowest BCUT2D eigenvalue weighted by atomic mass is 10.2. The van der Waals surface area contributed by atoms with Gasteiger partial charge >= 0.3 is 0 Å². The summed E-state index contributed by atoms with van der Waals surface area (Å²) in [5.74, 6) is 0.947. The number of piperazine rings is 1. The Balaban J connectivity index is 2.11. The van der Waals surface area contributed by atoms with Crippen LogP contribution >= 0.6 is 11.6 Å². The zero-order chi connectivity index (χ0) is 21.2. The number of pyridine rings is 1. The van der Waals surface area contributed by atoms with Crippen molar-refractivity contribution in [2.75, 3.05) is 64.5 Å². The van der Waals surface area contributed by atoms with E-state index >= 15 is 0 Å². The molecular formula is C21H33ClN6O. The zero-order valence-electron chi connectivity index (χ0n) is 17.9. The van der Waals surface area contributed by atoms with Gasteiger partial charge in [0.05, 0.1) is 0 Å². The minimum Gasteiger partial charge on any atom is -0.475 e. The van der Waals surface area contributed by atoms with Crippen molar-refractivity contribution in [3.63, 3.8) is 0 Å². The second-order valence-electron chi connectivity index (χ2n) is 7.16. The van der Waals surface area contributed by atoms with Gasteiger partial charge in [0.2, 0.25) is 5.90 Å². The quantitative estimate of drug-likeness (QED) is 0.382. The van der Waals surface area contributed by atoms with Crippen LogP contribution in [0.4, 0.5) is 11.5 Å². The van der Waals surface area contributed by atoms with E-state index in [1.165, 1.54) is 0 Å². The molecule has 0 amide bonds. The van der Waals surface area contributed by atoms with Crippen LogP contribution in [0.25, 0.3) is 0 Å². The van der Waals surface area contributed by atoms with Crippen LogP contribution < -0.4 is 11.1 Å². The van der Waals surface area contributed by atoms with Gasteiger partial charge in [0.15, 0.2) is 0 Å². The number of likely N-dealkylation sites (N-methyl/N-ethyl adjacent to an activating group) is 1. The molecule has 0 unspecified atom stereocenters. The number of nitrogens with zero attached hydrogens (tertiary/aromatic N) is 4. The largest absolute Gasteiger partial charge is 0.475 e. The van der Waals surface area contributed by atoms with Crippen molar-refractivity contribution in [2.24, 2.45) is 4.99 Å². The van der Waals surface area contributed by atoms with Gasteiger partial charge in [-0.1, -0.05) is 24.1 Å². The number of aliphatic imine (C=N–C) groups is 1. The number of ether oxygens (including phenoxy) is 1. The Morgan fingerprint density at radius 1 is 1.38 bits per heavy atom. The van der Waals surface area contributed by atoms with Crippen molar-refractivity contribution in [2.45, 2.75) is 20.3 Å². The summed E-state index contributed by atoms with van der Waals surface area (Å²) in [6.07, 6.45) is 4.38. The minimum atomic E-state index is 0.437. The predicted molar refractivity (Wildman–Crippen MR) is 122 cm³/mol. The lowest BCUT2D eigenvalue weighted by molar-refractivity contribution is 0.131. The molecule has 0 spiro atoms. The van der Waals surface area contributed by atoms with Crippen LogP contribution in [0, 0.1) is 0 Å². The molecule has 3 N–H and O–H groups in total. The number of hydrogen-bond acceptors (Lipinski definition) is 7. The molecule has 7 nitrogen and oxygen atoms in total. The highest BCUT2D eigenvalue weighted by Crippen LogP contribution is 2.19. The molecule has 1 saturated heterocycles. The van der Waals surface area contributed by atoms with Gasteiger partial charge in [-0.15, -0.1) is 0 Å². The Hall–Kier alpha value is -2.09. The van der Waals surface area contributed by atoms with Gasteiger partial charge in [0, 0.05) is 62.8 Å². The third-order valence-electron chi connectivity index (χ3n) is 4.94. The van der Waals surface area contributed by atoms with Crippen molar-refractivity contribution in [3.8, 4) is 0 Å². The zero-order valence-corrected chi connectivity index (χ0v) is 18.7. The number of nitrogens with one attached hydrogen (secondary N) is 1. The fourth-order valence-electron chi connectivity index (χ4n) is 2.86.